The third kappa shape index (κ3) is 4.91. The third-order valence-corrected chi connectivity index (χ3v) is 4.80. The summed E-state index contributed by atoms with van der Waals surface area (Å²) in [6, 6.07) is 3.83. The summed E-state index contributed by atoms with van der Waals surface area (Å²) in [5.74, 6) is 0.778. The summed E-state index contributed by atoms with van der Waals surface area (Å²) in [5.41, 5.74) is 3.92. The van der Waals surface area contributed by atoms with Gasteiger partial charge in [0.25, 0.3) is 0 Å². The van der Waals surface area contributed by atoms with Crippen molar-refractivity contribution in [3.05, 3.63) is 59.6 Å². The molecule has 3 rings (SSSR count). The summed E-state index contributed by atoms with van der Waals surface area (Å²) >= 11 is 1.52. The second-order valence-electron chi connectivity index (χ2n) is 6.13. The van der Waals surface area contributed by atoms with Crippen molar-refractivity contribution in [1.29, 1.82) is 0 Å². The van der Waals surface area contributed by atoms with E-state index in [0.29, 0.717) is 19.4 Å². The summed E-state index contributed by atoms with van der Waals surface area (Å²) in [4.78, 5) is 29.5. The summed E-state index contributed by atoms with van der Waals surface area (Å²) in [6.45, 7) is 4.40. The fraction of sp³-hybridized carbons (Fsp3) is 0.316. The molecule has 0 aliphatic rings. The zero-order chi connectivity index (χ0) is 19.2. The van der Waals surface area contributed by atoms with E-state index in [1.165, 1.54) is 11.8 Å². The average molecular weight is 382 g/mol. The molecule has 3 aromatic rings. The Labute approximate surface area is 162 Å². The molecule has 0 radical (unpaired) electrons. The van der Waals surface area contributed by atoms with Gasteiger partial charge >= 0.3 is 0 Å². The molecule has 0 saturated carbocycles. The van der Waals surface area contributed by atoms with Crippen LogP contribution in [0, 0.1) is 13.8 Å². The Bertz CT molecular complexity index is 903. The van der Waals surface area contributed by atoms with Gasteiger partial charge in [-0.3, -0.25) is 9.36 Å². The van der Waals surface area contributed by atoms with E-state index in [1.807, 2.05) is 43.0 Å². The van der Waals surface area contributed by atoms with E-state index in [-0.39, 0.29) is 5.91 Å². The van der Waals surface area contributed by atoms with Gasteiger partial charge in [0.1, 0.15) is 12.1 Å². The second kappa shape index (κ2) is 8.77. The van der Waals surface area contributed by atoms with Crippen molar-refractivity contribution in [1.82, 2.24) is 29.8 Å². The number of pyridine rings is 1. The van der Waals surface area contributed by atoms with Gasteiger partial charge in [-0.15, -0.1) is 0 Å². The van der Waals surface area contributed by atoms with Crippen molar-refractivity contribution in [2.45, 2.75) is 38.4 Å². The molecule has 0 fully saturated rings. The Morgan fingerprint density at radius 1 is 1.22 bits per heavy atom. The SMILES string of the molecule is CSc1nc(C)c(CCC(=O)NCc2ccnc(-n3ccnc3)c2)c(C)n1. The van der Waals surface area contributed by atoms with E-state index in [4.69, 9.17) is 0 Å². The summed E-state index contributed by atoms with van der Waals surface area (Å²) in [5, 5.41) is 3.73. The molecule has 0 aliphatic heterocycles. The van der Waals surface area contributed by atoms with Gasteiger partial charge in [-0.2, -0.15) is 0 Å². The van der Waals surface area contributed by atoms with E-state index in [1.54, 1.807) is 18.7 Å². The largest absolute Gasteiger partial charge is 0.352 e. The van der Waals surface area contributed by atoms with Gasteiger partial charge in [0, 0.05) is 42.9 Å². The number of hydrogen-bond acceptors (Lipinski definition) is 6. The van der Waals surface area contributed by atoms with Crippen LogP contribution in [0.15, 0.2) is 42.2 Å². The molecule has 0 atom stereocenters. The van der Waals surface area contributed by atoms with Crippen molar-refractivity contribution in [2.75, 3.05) is 6.26 Å². The van der Waals surface area contributed by atoms with Crippen LogP contribution in [0.25, 0.3) is 5.82 Å². The van der Waals surface area contributed by atoms with Crippen molar-refractivity contribution >= 4 is 17.7 Å². The van der Waals surface area contributed by atoms with Crippen LogP contribution in [0.5, 0.6) is 0 Å². The molecular formula is C19H22N6OS. The second-order valence-corrected chi connectivity index (χ2v) is 6.90. The number of aromatic nitrogens is 5. The number of imidazole rings is 1. The van der Waals surface area contributed by atoms with Crippen LogP contribution in [-0.2, 0) is 17.8 Å². The van der Waals surface area contributed by atoms with Crippen LogP contribution in [0.4, 0.5) is 0 Å². The molecular weight excluding hydrogens is 360 g/mol. The number of aryl methyl sites for hydroxylation is 2. The zero-order valence-electron chi connectivity index (χ0n) is 15.6. The topological polar surface area (TPSA) is 85.6 Å². The highest BCUT2D eigenvalue weighted by atomic mass is 32.2. The van der Waals surface area contributed by atoms with E-state index in [0.717, 1.165) is 33.5 Å². The molecule has 1 amide bonds. The highest BCUT2D eigenvalue weighted by Gasteiger charge is 2.11. The number of carbonyl (C=O) groups excluding carboxylic acids is 1. The molecule has 3 heterocycles. The van der Waals surface area contributed by atoms with Gasteiger partial charge in [-0.25, -0.2) is 19.9 Å². The maximum Gasteiger partial charge on any atom is 0.220 e. The molecule has 0 aromatic carbocycles. The van der Waals surface area contributed by atoms with Crippen LogP contribution in [-0.4, -0.2) is 36.7 Å². The van der Waals surface area contributed by atoms with Gasteiger partial charge < -0.3 is 5.32 Å². The first-order chi connectivity index (χ1) is 13.1. The van der Waals surface area contributed by atoms with Gasteiger partial charge in [-0.05, 0) is 49.8 Å². The predicted molar refractivity (Wildman–Crippen MR) is 105 cm³/mol. The van der Waals surface area contributed by atoms with Gasteiger partial charge in [0.15, 0.2) is 5.16 Å². The Hall–Kier alpha value is -2.74. The number of hydrogen-bond donors (Lipinski definition) is 1. The first-order valence-corrected chi connectivity index (χ1v) is 9.87. The van der Waals surface area contributed by atoms with E-state index in [2.05, 4.69) is 25.3 Å². The lowest BCUT2D eigenvalue weighted by molar-refractivity contribution is -0.121. The Morgan fingerprint density at radius 2 is 2.00 bits per heavy atom. The highest BCUT2D eigenvalue weighted by molar-refractivity contribution is 7.98. The lowest BCUT2D eigenvalue weighted by Crippen LogP contribution is -2.23. The fourth-order valence-corrected chi connectivity index (χ4v) is 3.25. The Balaban J connectivity index is 1.56. The minimum atomic E-state index is 0.00346. The zero-order valence-corrected chi connectivity index (χ0v) is 16.5. The van der Waals surface area contributed by atoms with Crippen molar-refractivity contribution in [3.63, 3.8) is 0 Å². The van der Waals surface area contributed by atoms with E-state index in [9.17, 15) is 4.79 Å². The highest BCUT2D eigenvalue weighted by Crippen LogP contribution is 2.17. The third-order valence-electron chi connectivity index (χ3n) is 4.25. The minimum absolute atomic E-state index is 0.00346. The van der Waals surface area contributed by atoms with Crippen LogP contribution in [0.2, 0.25) is 0 Å². The smallest absolute Gasteiger partial charge is 0.220 e. The number of amides is 1. The fourth-order valence-electron chi connectivity index (χ4n) is 2.80. The number of rotatable bonds is 7. The number of carbonyl (C=O) groups is 1. The van der Waals surface area contributed by atoms with E-state index < -0.39 is 0 Å². The van der Waals surface area contributed by atoms with Crippen LogP contribution < -0.4 is 5.32 Å². The average Bonchev–Trinajstić information content (AvgIpc) is 3.20. The van der Waals surface area contributed by atoms with Crippen molar-refractivity contribution in [2.24, 2.45) is 0 Å². The van der Waals surface area contributed by atoms with Crippen molar-refractivity contribution in [3.8, 4) is 5.82 Å². The standard InChI is InChI=1S/C19H22N6OS/c1-13-16(14(2)24-19(23-13)27-3)4-5-18(26)22-11-15-6-7-21-17(10-15)25-9-8-20-12-25/h6-10,12H,4-5,11H2,1-3H3,(H,22,26). The predicted octanol–water partition coefficient (Wildman–Crippen LogP) is 2.65. The number of thioether (sulfide) groups is 1. The van der Waals surface area contributed by atoms with Crippen molar-refractivity contribution < 1.29 is 4.79 Å². The molecule has 0 saturated heterocycles. The first-order valence-electron chi connectivity index (χ1n) is 8.65. The molecule has 0 aliphatic carbocycles. The molecule has 7 nitrogen and oxygen atoms in total. The van der Waals surface area contributed by atoms with Crippen LogP contribution >= 0.6 is 11.8 Å². The number of nitrogens with zero attached hydrogens (tertiary/aromatic N) is 5. The maximum absolute atomic E-state index is 12.3. The molecule has 27 heavy (non-hydrogen) atoms. The van der Waals surface area contributed by atoms with Gasteiger partial charge in [0.05, 0.1) is 0 Å². The molecule has 0 spiro atoms. The summed E-state index contributed by atoms with van der Waals surface area (Å²) in [7, 11) is 0. The summed E-state index contributed by atoms with van der Waals surface area (Å²) in [6.07, 6.45) is 9.96. The lowest BCUT2D eigenvalue weighted by Gasteiger charge is -2.10. The van der Waals surface area contributed by atoms with Gasteiger partial charge in [-0.1, -0.05) is 11.8 Å². The minimum Gasteiger partial charge on any atom is -0.352 e. The monoisotopic (exact) mass is 382 g/mol. The molecule has 3 aromatic heterocycles. The van der Waals surface area contributed by atoms with Crippen LogP contribution in [0.3, 0.4) is 0 Å². The molecule has 0 unspecified atom stereocenters. The molecule has 140 valence electrons. The normalized spacial score (nSPS) is 10.8. The molecule has 0 bridgehead atoms. The summed E-state index contributed by atoms with van der Waals surface area (Å²) < 4.78 is 1.83. The van der Waals surface area contributed by atoms with E-state index >= 15 is 0 Å². The number of nitrogens with one attached hydrogen (secondary N) is 1. The van der Waals surface area contributed by atoms with Crippen LogP contribution in [0.1, 0.15) is 28.9 Å². The Morgan fingerprint density at radius 3 is 2.67 bits per heavy atom. The maximum atomic E-state index is 12.3. The lowest BCUT2D eigenvalue weighted by atomic mass is 10.1. The Kier molecular flexibility index (Phi) is 6.18. The quantitative estimate of drug-likeness (QED) is 0.499. The van der Waals surface area contributed by atoms with Gasteiger partial charge in [0.2, 0.25) is 5.91 Å². The first kappa shape index (κ1) is 19.0. The molecule has 8 heteroatoms. The molecule has 1 N–H and O–H groups in total.